The molecule has 4 nitrogen and oxygen atoms in total. The maximum absolute atomic E-state index is 12.1. The normalized spacial score (nSPS) is 11.8. The summed E-state index contributed by atoms with van der Waals surface area (Å²) in [5.41, 5.74) is 3.97. The fraction of sp³-hybridized carbons (Fsp3) is 0.278. The largest absolute Gasteiger partial charge is 0.394 e. The fourth-order valence-corrected chi connectivity index (χ4v) is 2.56. The third-order valence-corrected chi connectivity index (χ3v) is 3.95. The number of nitrogens with one attached hydrogen (secondary N) is 2. The number of hydrogen-bond acceptors (Lipinski definition) is 3. The second kappa shape index (κ2) is 7.99. The first-order chi connectivity index (χ1) is 11.0. The van der Waals surface area contributed by atoms with E-state index < -0.39 is 6.04 Å². The average molecular weight is 333 g/mol. The number of benzene rings is 2. The van der Waals surface area contributed by atoms with Crippen molar-refractivity contribution in [3.63, 3.8) is 0 Å². The minimum Gasteiger partial charge on any atom is -0.394 e. The van der Waals surface area contributed by atoms with Crippen LogP contribution in [0.1, 0.15) is 22.7 Å². The lowest BCUT2D eigenvalue weighted by Gasteiger charge is -2.18. The molecule has 3 N–H and O–H groups in total. The van der Waals surface area contributed by atoms with Gasteiger partial charge in [0.25, 0.3) is 0 Å². The molecule has 2 aromatic rings. The minimum absolute atomic E-state index is 0.149. The topological polar surface area (TPSA) is 61.4 Å². The molecule has 0 saturated heterocycles. The van der Waals surface area contributed by atoms with Crippen LogP contribution in [0.3, 0.4) is 0 Å². The van der Waals surface area contributed by atoms with Crippen molar-refractivity contribution in [1.29, 1.82) is 0 Å². The van der Waals surface area contributed by atoms with E-state index in [1.807, 2.05) is 32.0 Å². The standard InChI is InChI=1S/C18H21ClN2O2/c1-12-4-3-5-13(2)18(12)20-10-17(23)21-16(11-22)14-6-8-15(19)9-7-14/h3-9,16,20,22H,10-11H2,1-2H3,(H,21,23). The predicted molar refractivity (Wildman–Crippen MR) is 93.8 cm³/mol. The summed E-state index contributed by atoms with van der Waals surface area (Å²) < 4.78 is 0. The number of rotatable bonds is 6. The van der Waals surface area contributed by atoms with Gasteiger partial charge in [0.2, 0.25) is 5.91 Å². The van der Waals surface area contributed by atoms with Crippen LogP contribution in [0.15, 0.2) is 42.5 Å². The quantitative estimate of drug-likeness (QED) is 0.761. The summed E-state index contributed by atoms with van der Waals surface area (Å²) in [6.45, 7) is 3.97. The molecular formula is C18H21ClN2O2. The van der Waals surface area contributed by atoms with Crippen LogP contribution >= 0.6 is 11.6 Å². The number of aliphatic hydroxyl groups excluding tert-OH is 1. The van der Waals surface area contributed by atoms with Crippen molar-refractivity contribution < 1.29 is 9.90 Å². The molecule has 0 fully saturated rings. The highest BCUT2D eigenvalue weighted by molar-refractivity contribution is 6.30. The van der Waals surface area contributed by atoms with Gasteiger partial charge in [-0.3, -0.25) is 4.79 Å². The van der Waals surface area contributed by atoms with Crippen molar-refractivity contribution >= 4 is 23.2 Å². The zero-order valence-corrected chi connectivity index (χ0v) is 14.0. The summed E-state index contributed by atoms with van der Waals surface area (Å²) >= 11 is 5.85. The van der Waals surface area contributed by atoms with Crippen molar-refractivity contribution in [1.82, 2.24) is 5.32 Å². The molecule has 0 bridgehead atoms. The zero-order chi connectivity index (χ0) is 16.8. The van der Waals surface area contributed by atoms with E-state index in [9.17, 15) is 9.90 Å². The van der Waals surface area contributed by atoms with E-state index >= 15 is 0 Å². The Morgan fingerprint density at radius 2 is 1.74 bits per heavy atom. The number of anilines is 1. The molecule has 2 aromatic carbocycles. The molecule has 0 aliphatic carbocycles. The average Bonchev–Trinajstić information content (AvgIpc) is 2.53. The summed E-state index contributed by atoms with van der Waals surface area (Å²) in [5.74, 6) is -0.179. The fourth-order valence-electron chi connectivity index (χ4n) is 2.44. The van der Waals surface area contributed by atoms with Gasteiger partial charge < -0.3 is 15.7 Å². The Balaban J connectivity index is 1.96. The molecule has 1 unspecified atom stereocenters. The van der Waals surface area contributed by atoms with Gasteiger partial charge in [-0.15, -0.1) is 0 Å². The summed E-state index contributed by atoms with van der Waals surface area (Å²) in [6, 6.07) is 12.6. The SMILES string of the molecule is Cc1cccc(C)c1NCC(=O)NC(CO)c1ccc(Cl)cc1. The van der Waals surface area contributed by atoms with Crippen LogP contribution in [0.4, 0.5) is 5.69 Å². The van der Waals surface area contributed by atoms with E-state index in [-0.39, 0.29) is 19.1 Å². The van der Waals surface area contributed by atoms with Crippen LogP contribution < -0.4 is 10.6 Å². The number of aryl methyl sites for hydroxylation is 2. The van der Waals surface area contributed by atoms with Gasteiger partial charge in [-0.05, 0) is 42.7 Å². The molecule has 0 heterocycles. The highest BCUT2D eigenvalue weighted by atomic mass is 35.5. The molecule has 0 aliphatic rings. The van der Waals surface area contributed by atoms with E-state index in [0.717, 1.165) is 22.4 Å². The number of aliphatic hydroxyl groups is 1. The van der Waals surface area contributed by atoms with Gasteiger partial charge in [0.1, 0.15) is 0 Å². The van der Waals surface area contributed by atoms with E-state index in [1.165, 1.54) is 0 Å². The first kappa shape index (κ1) is 17.3. The summed E-state index contributed by atoms with van der Waals surface area (Å²) in [5, 5.41) is 16.1. The molecule has 5 heteroatoms. The van der Waals surface area contributed by atoms with Crippen molar-refractivity contribution in [3.05, 3.63) is 64.2 Å². The van der Waals surface area contributed by atoms with Crippen LogP contribution in [-0.2, 0) is 4.79 Å². The molecule has 1 amide bonds. The molecule has 0 radical (unpaired) electrons. The molecule has 0 aliphatic heterocycles. The van der Waals surface area contributed by atoms with Gasteiger partial charge in [-0.2, -0.15) is 0 Å². The minimum atomic E-state index is -0.445. The van der Waals surface area contributed by atoms with E-state index in [2.05, 4.69) is 10.6 Å². The van der Waals surface area contributed by atoms with Gasteiger partial charge >= 0.3 is 0 Å². The lowest BCUT2D eigenvalue weighted by Crippen LogP contribution is -2.35. The molecule has 1 atom stereocenters. The molecule has 0 saturated carbocycles. The van der Waals surface area contributed by atoms with Crippen LogP contribution in [0.5, 0.6) is 0 Å². The summed E-state index contributed by atoms with van der Waals surface area (Å²) in [4.78, 5) is 12.1. The first-order valence-corrected chi connectivity index (χ1v) is 7.85. The molecule has 0 spiro atoms. The van der Waals surface area contributed by atoms with Crippen molar-refractivity contribution in [2.45, 2.75) is 19.9 Å². The second-order valence-corrected chi connectivity index (χ2v) is 5.91. The van der Waals surface area contributed by atoms with E-state index in [1.54, 1.807) is 24.3 Å². The number of carbonyl (C=O) groups excluding carboxylic acids is 1. The monoisotopic (exact) mass is 332 g/mol. The molecule has 0 aromatic heterocycles. The summed E-state index contributed by atoms with van der Waals surface area (Å²) in [6.07, 6.45) is 0. The Morgan fingerprint density at radius 1 is 1.13 bits per heavy atom. The number of para-hydroxylation sites is 1. The lowest BCUT2D eigenvalue weighted by molar-refractivity contribution is -0.120. The third kappa shape index (κ3) is 4.71. The molecular weight excluding hydrogens is 312 g/mol. The van der Waals surface area contributed by atoms with Crippen LogP contribution in [-0.4, -0.2) is 24.2 Å². The van der Waals surface area contributed by atoms with Crippen LogP contribution in [0, 0.1) is 13.8 Å². The van der Waals surface area contributed by atoms with Crippen molar-refractivity contribution in [2.75, 3.05) is 18.5 Å². The van der Waals surface area contributed by atoms with Crippen LogP contribution in [0.25, 0.3) is 0 Å². The van der Waals surface area contributed by atoms with Crippen molar-refractivity contribution in [3.8, 4) is 0 Å². The maximum Gasteiger partial charge on any atom is 0.239 e. The highest BCUT2D eigenvalue weighted by Gasteiger charge is 2.14. The zero-order valence-electron chi connectivity index (χ0n) is 13.3. The molecule has 2 rings (SSSR count). The van der Waals surface area contributed by atoms with Gasteiger partial charge in [0, 0.05) is 10.7 Å². The molecule has 23 heavy (non-hydrogen) atoms. The lowest BCUT2D eigenvalue weighted by atomic mass is 10.1. The Labute approximate surface area is 141 Å². The Bertz CT molecular complexity index is 651. The van der Waals surface area contributed by atoms with Gasteiger partial charge in [0.05, 0.1) is 19.2 Å². The number of amides is 1. The van der Waals surface area contributed by atoms with Gasteiger partial charge in [-0.25, -0.2) is 0 Å². The predicted octanol–water partition coefficient (Wildman–Crippen LogP) is 3.22. The summed E-state index contributed by atoms with van der Waals surface area (Å²) in [7, 11) is 0. The van der Waals surface area contributed by atoms with Crippen LogP contribution in [0.2, 0.25) is 5.02 Å². The number of carbonyl (C=O) groups is 1. The van der Waals surface area contributed by atoms with E-state index in [4.69, 9.17) is 11.6 Å². The van der Waals surface area contributed by atoms with Gasteiger partial charge in [0.15, 0.2) is 0 Å². The third-order valence-electron chi connectivity index (χ3n) is 3.70. The Kier molecular flexibility index (Phi) is 6.02. The maximum atomic E-state index is 12.1. The smallest absolute Gasteiger partial charge is 0.239 e. The van der Waals surface area contributed by atoms with Crippen molar-refractivity contribution in [2.24, 2.45) is 0 Å². The van der Waals surface area contributed by atoms with Gasteiger partial charge in [-0.1, -0.05) is 41.9 Å². The molecule has 122 valence electrons. The van der Waals surface area contributed by atoms with E-state index in [0.29, 0.717) is 5.02 Å². The highest BCUT2D eigenvalue weighted by Crippen LogP contribution is 2.19. The first-order valence-electron chi connectivity index (χ1n) is 7.47. The number of hydrogen-bond donors (Lipinski definition) is 3. The number of halogens is 1. The Hall–Kier alpha value is -2.04. The Morgan fingerprint density at radius 3 is 2.30 bits per heavy atom. The second-order valence-electron chi connectivity index (χ2n) is 5.47.